The quantitative estimate of drug-likeness (QED) is 0.505. The fraction of sp³-hybridized carbons (Fsp3) is 0.400. The van der Waals surface area contributed by atoms with E-state index in [1.165, 1.54) is 4.90 Å². The molecular weight excluding hydrogens is 414 g/mol. The zero-order valence-electron chi connectivity index (χ0n) is 17.1. The van der Waals surface area contributed by atoms with Crippen LogP contribution in [0, 0.1) is 23.7 Å². The number of carbonyl (C=O) groups is 3. The first-order valence-corrected chi connectivity index (χ1v) is 11.2. The summed E-state index contributed by atoms with van der Waals surface area (Å²) in [5.74, 6) is -0.948. The van der Waals surface area contributed by atoms with E-state index in [9.17, 15) is 14.4 Å². The number of imide groups is 1. The Balaban J connectivity index is 1.40. The van der Waals surface area contributed by atoms with Gasteiger partial charge in [0.1, 0.15) is 12.6 Å². The van der Waals surface area contributed by atoms with Crippen molar-refractivity contribution in [1.82, 2.24) is 4.90 Å². The van der Waals surface area contributed by atoms with Crippen molar-refractivity contribution in [3.8, 4) is 0 Å². The Morgan fingerprint density at radius 2 is 1.58 bits per heavy atom. The molecule has 2 saturated carbocycles. The number of amides is 2. The van der Waals surface area contributed by atoms with E-state index in [-0.39, 0.29) is 48.5 Å². The molecule has 3 fully saturated rings. The van der Waals surface area contributed by atoms with Gasteiger partial charge in [0.2, 0.25) is 11.8 Å². The number of ether oxygens (including phenoxy) is 1. The number of esters is 1. The molecule has 1 aliphatic heterocycles. The molecule has 2 aromatic rings. The van der Waals surface area contributed by atoms with Gasteiger partial charge < -0.3 is 4.74 Å². The zero-order chi connectivity index (χ0) is 21.5. The van der Waals surface area contributed by atoms with Gasteiger partial charge in [-0.15, -0.1) is 0 Å². The number of likely N-dealkylation sites (tertiary alicyclic amines) is 1. The second-order valence-corrected chi connectivity index (χ2v) is 9.24. The number of nitrogens with zero attached hydrogens (tertiary/aromatic N) is 1. The summed E-state index contributed by atoms with van der Waals surface area (Å²) in [7, 11) is 0. The van der Waals surface area contributed by atoms with Crippen molar-refractivity contribution in [2.75, 3.05) is 0 Å². The fourth-order valence-electron chi connectivity index (χ4n) is 5.72. The summed E-state index contributed by atoms with van der Waals surface area (Å²) in [6.07, 6.45) is 3.20. The third kappa shape index (κ3) is 3.55. The van der Waals surface area contributed by atoms with Gasteiger partial charge in [-0.1, -0.05) is 60.1 Å². The molecule has 0 radical (unpaired) electrons. The van der Waals surface area contributed by atoms with Crippen molar-refractivity contribution in [2.45, 2.75) is 38.3 Å². The van der Waals surface area contributed by atoms with Crippen LogP contribution in [0.2, 0.25) is 5.02 Å². The van der Waals surface area contributed by atoms with Crippen molar-refractivity contribution in [1.29, 1.82) is 0 Å². The first-order valence-electron chi connectivity index (χ1n) is 10.9. The van der Waals surface area contributed by atoms with E-state index in [1.54, 1.807) is 18.2 Å². The van der Waals surface area contributed by atoms with E-state index in [2.05, 4.69) is 0 Å². The Kier molecular flexibility index (Phi) is 5.30. The number of halogens is 1. The maximum Gasteiger partial charge on any atom is 0.330 e. The van der Waals surface area contributed by atoms with E-state index in [4.69, 9.17) is 16.3 Å². The van der Waals surface area contributed by atoms with Gasteiger partial charge >= 0.3 is 5.97 Å². The normalized spacial score (nSPS) is 27.5. The van der Waals surface area contributed by atoms with Crippen LogP contribution in [0.1, 0.15) is 30.4 Å². The molecular formula is C25H24ClNO4. The Bertz CT molecular complexity index is 995. The van der Waals surface area contributed by atoms with Crippen molar-refractivity contribution in [2.24, 2.45) is 23.7 Å². The van der Waals surface area contributed by atoms with Gasteiger partial charge in [-0.25, -0.2) is 4.79 Å². The first kappa shape index (κ1) is 20.3. The number of benzene rings is 2. The Labute approximate surface area is 186 Å². The molecule has 0 N–H and O–H groups in total. The lowest BCUT2D eigenvalue weighted by Crippen LogP contribution is -2.48. The summed E-state index contributed by atoms with van der Waals surface area (Å²) in [5.41, 5.74) is 1.56. The summed E-state index contributed by atoms with van der Waals surface area (Å²) < 4.78 is 5.57. The number of hydrogen-bond acceptors (Lipinski definition) is 4. The molecule has 0 spiro atoms. The third-order valence-electron chi connectivity index (χ3n) is 7.14. The molecule has 160 valence electrons. The molecule has 0 aromatic heterocycles. The summed E-state index contributed by atoms with van der Waals surface area (Å²) in [6.45, 7) is -0.00186. The fourth-order valence-corrected chi connectivity index (χ4v) is 5.91. The Morgan fingerprint density at radius 3 is 2.23 bits per heavy atom. The molecule has 6 heteroatoms. The van der Waals surface area contributed by atoms with Crippen LogP contribution in [-0.2, 0) is 32.1 Å². The number of hydrogen-bond donors (Lipinski definition) is 0. The monoisotopic (exact) mass is 437 g/mol. The highest BCUT2D eigenvalue weighted by atomic mass is 35.5. The highest BCUT2D eigenvalue weighted by Gasteiger charge is 2.62. The van der Waals surface area contributed by atoms with E-state index in [0.29, 0.717) is 10.6 Å². The predicted octanol–water partition coefficient (Wildman–Crippen LogP) is 4.03. The highest BCUT2D eigenvalue weighted by Crippen LogP contribution is 2.56. The standard InChI is InChI=1S/C25H24ClNO4/c26-19-9-5-4-8-18(19)14-31-25(30)20(12-15-6-2-1-3-7-15)27-23(28)21-16-10-11-17(13-16)22(21)24(27)29/h1-9,16-17,20-22H,10-14H2. The minimum Gasteiger partial charge on any atom is -0.459 e. The van der Waals surface area contributed by atoms with Crippen molar-refractivity contribution >= 4 is 29.4 Å². The molecule has 1 heterocycles. The van der Waals surface area contributed by atoms with Crippen LogP contribution in [-0.4, -0.2) is 28.7 Å². The van der Waals surface area contributed by atoms with Gasteiger partial charge in [0.25, 0.3) is 0 Å². The molecule has 5 atom stereocenters. The minimum atomic E-state index is -0.963. The van der Waals surface area contributed by atoms with Crippen LogP contribution in [0.25, 0.3) is 0 Å². The van der Waals surface area contributed by atoms with Crippen molar-refractivity contribution in [3.63, 3.8) is 0 Å². The van der Waals surface area contributed by atoms with Gasteiger partial charge in [-0.2, -0.15) is 0 Å². The Hall–Kier alpha value is -2.66. The zero-order valence-corrected chi connectivity index (χ0v) is 17.8. The van der Waals surface area contributed by atoms with Crippen LogP contribution < -0.4 is 0 Å². The average molecular weight is 438 g/mol. The van der Waals surface area contributed by atoms with E-state index in [0.717, 1.165) is 24.8 Å². The lowest BCUT2D eigenvalue weighted by Gasteiger charge is -2.26. The number of rotatable bonds is 6. The van der Waals surface area contributed by atoms with Crippen LogP contribution >= 0.6 is 11.6 Å². The summed E-state index contributed by atoms with van der Waals surface area (Å²) in [4.78, 5) is 41.1. The molecule has 5 unspecified atom stereocenters. The molecule has 2 aromatic carbocycles. The second-order valence-electron chi connectivity index (χ2n) is 8.84. The average Bonchev–Trinajstić information content (AvgIpc) is 3.46. The van der Waals surface area contributed by atoms with Crippen LogP contribution in [0.3, 0.4) is 0 Å². The number of carbonyl (C=O) groups excluding carboxylic acids is 3. The molecule has 5 nitrogen and oxygen atoms in total. The predicted molar refractivity (Wildman–Crippen MR) is 115 cm³/mol. The van der Waals surface area contributed by atoms with Crippen molar-refractivity contribution < 1.29 is 19.1 Å². The molecule has 1 saturated heterocycles. The molecule has 31 heavy (non-hydrogen) atoms. The third-order valence-corrected chi connectivity index (χ3v) is 7.51. The molecule has 2 aliphatic carbocycles. The summed E-state index contributed by atoms with van der Waals surface area (Å²) in [5, 5.41) is 0.509. The smallest absolute Gasteiger partial charge is 0.330 e. The lowest BCUT2D eigenvalue weighted by atomic mass is 9.81. The largest absolute Gasteiger partial charge is 0.459 e. The maximum atomic E-state index is 13.3. The van der Waals surface area contributed by atoms with E-state index < -0.39 is 12.0 Å². The first-order chi connectivity index (χ1) is 15.0. The van der Waals surface area contributed by atoms with Gasteiger partial charge in [0.05, 0.1) is 11.8 Å². The van der Waals surface area contributed by atoms with Crippen LogP contribution in [0.4, 0.5) is 0 Å². The van der Waals surface area contributed by atoms with Crippen molar-refractivity contribution in [3.05, 3.63) is 70.7 Å². The van der Waals surface area contributed by atoms with Gasteiger partial charge in [0.15, 0.2) is 0 Å². The molecule has 2 bridgehead atoms. The molecule has 2 amide bonds. The number of fused-ring (bicyclic) bond motifs is 5. The highest BCUT2D eigenvalue weighted by molar-refractivity contribution is 6.31. The molecule has 3 aliphatic rings. The minimum absolute atomic E-state index is 0.00186. The maximum absolute atomic E-state index is 13.3. The summed E-state index contributed by atoms with van der Waals surface area (Å²) >= 11 is 6.18. The van der Waals surface area contributed by atoms with Crippen LogP contribution in [0.15, 0.2) is 54.6 Å². The van der Waals surface area contributed by atoms with Gasteiger partial charge in [0, 0.05) is 17.0 Å². The SMILES string of the molecule is O=C(OCc1ccccc1Cl)C(Cc1ccccc1)N1C(=O)C2C3CCC(C3)C2C1=O. The van der Waals surface area contributed by atoms with E-state index >= 15 is 0 Å². The Morgan fingerprint density at radius 1 is 0.968 bits per heavy atom. The van der Waals surface area contributed by atoms with E-state index in [1.807, 2.05) is 36.4 Å². The van der Waals surface area contributed by atoms with Crippen LogP contribution in [0.5, 0.6) is 0 Å². The summed E-state index contributed by atoms with van der Waals surface area (Å²) in [6, 6.07) is 15.6. The van der Waals surface area contributed by atoms with Gasteiger partial charge in [-0.3, -0.25) is 14.5 Å². The molecule has 5 rings (SSSR count). The second kappa shape index (κ2) is 8.12. The van der Waals surface area contributed by atoms with Gasteiger partial charge in [-0.05, 0) is 42.7 Å². The topological polar surface area (TPSA) is 63.7 Å². The lowest BCUT2D eigenvalue weighted by molar-refractivity contribution is -0.160.